The quantitative estimate of drug-likeness (QED) is 0.862. The predicted molar refractivity (Wildman–Crippen MR) is 85.6 cm³/mol. The number of nitrogens with one attached hydrogen (secondary N) is 1. The van der Waals surface area contributed by atoms with Gasteiger partial charge in [-0.15, -0.1) is 0 Å². The average molecular weight is 300 g/mol. The molecule has 0 fully saturated rings. The number of benzene rings is 2. The molecular formula is C18H21FN2O. The van der Waals surface area contributed by atoms with Gasteiger partial charge in [-0.1, -0.05) is 49.4 Å². The maximum atomic E-state index is 13.1. The minimum atomic E-state index is -0.338. The monoisotopic (exact) mass is 300 g/mol. The third kappa shape index (κ3) is 4.40. The molecule has 2 aromatic rings. The lowest BCUT2D eigenvalue weighted by molar-refractivity contribution is -0.125. The van der Waals surface area contributed by atoms with E-state index in [0.29, 0.717) is 13.0 Å². The highest BCUT2D eigenvalue weighted by molar-refractivity contribution is 5.79. The van der Waals surface area contributed by atoms with Crippen molar-refractivity contribution in [2.24, 2.45) is 11.7 Å². The zero-order valence-electron chi connectivity index (χ0n) is 12.6. The summed E-state index contributed by atoms with van der Waals surface area (Å²) in [6, 6.07) is 15.6. The Hall–Kier alpha value is -2.20. The first-order valence-electron chi connectivity index (χ1n) is 7.40. The molecule has 0 aliphatic carbocycles. The van der Waals surface area contributed by atoms with E-state index in [1.54, 1.807) is 6.07 Å². The summed E-state index contributed by atoms with van der Waals surface area (Å²) in [4.78, 5) is 12.1. The van der Waals surface area contributed by atoms with Gasteiger partial charge >= 0.3 is 0 Å². The van der Waals surface area contributed by atoms with Crippen molar-refractivity contribution < 1.29 is 9.18 Å². The SMILES string of the molecule is CC(C(=O)NCCc1cccc(F)c1)C(N)c1ccccc1. The Morgan fingerprint density at radius 3 is 2.59 bits per heavy atom. The van der Waals surface area contributed by atoms with Gasteiger partial charge in [-0.2, -0.15) is 0 Å². The Morgan fingerprint density at radius 2 is 1.91 bits per heavy atom. The summed E-state index contributed by atoms with van der Waals surface area (Å²) in [5, 5.41) is 2.86. The van der Waals surface area contributed by atoms with Crippen LogP contribution in [0.5, 0.6) is 0 Å². The zero-order chi connectivity index (χ0) is 15.9. The minimum absolute atomic E-state index is 0.0900. The third-order valence-electron chi connectivity index (χ3n) is 3.74. The van der Waals surface area contributed by atoms with Crippen LogP contribution in [0.1, 0.15) is 24.1 Å². The van der Waals surface area contributed by atoms with Crippen LogP contribution in [0.3, 0.4) is 0 Å². The first-order valence-corrected chi connectivity index (χ1v) is 7.40. The fourth-order valence-electron chi connectivity index (χ4n) is 2.31. The molecule has 0 spiro atoms. The molecule has 0 radical (unpaired) electrons. The summed E-state index contributed by atoms with van der Waals surface area (Å²) in [6.45, 7) is 2.28. The van der Waals surface area contributed by atoms with Crippen molar-refractivity contribution in [2.45, 2.75) is 19.4 Å². The van der Waals surface area contributed by atoms with E-state index in [2.05, 4.69) is 5.32 Å². The van der Waals surface area contributed by atoms with Gasteiger partial charge < -0.3 is 11.1 Å². The lowest BCUT2D eigenvalue weighted by atomic mass is 9.94. The molecule has 2 aromatic carbocycles. The van der Waals surface area contributed by atoms with Gasteiger partial charge in [0.15, 0.2) is 0 Å². The molecule has 0 aliphatic heterocycles. The summed E-state index contributed by atoms with van der Waals surface area (Å²) < 4.78 is 13.1. The number of amides is 1. The van der Waals surface area contributed by atoms with Gasteiger partial charge in [0.1, 0.15) is 5.82 Å². The van der Waals surface area contributed by atoms with E-state index < -0.39 is 0 Å². The van der Waals surface area contributed by atoms with Crippen LogP contribution in [0.15, 0.2) is 54.6 Å². The number of carbonyl (C=O) groups excluding carboxylic acids is 1. The van der Waals surface area contributed by atoms with E-state index in [-0.39, 0.29) is 23.7 Å². The highest BCUT2D eigenvalue weighted by atomic mass is 19.1. The number of nitrogens with two attached hydrogens (primary N) is 1. The van der Waals surface area contributed by atoms with E-state index >= 15 is 0 Å². The van der Waals surface area contributed by atoms with Crippen LogP contribution in [-0.4, -0.2) is 12.5 Å². The Kier molecular flexibility index (Phi) is 5.67. The van der Waals surface area contributed by atoms with Gasteiger partial charge in [-0.25, -0.2) is 4.39 Å². The molecule has 1 amide bonds. The van der Waals surface area contributed by atoms with Crippen molar-refractivity contribution in [3.05, 3.63) is 71.5 Å². The largest absolute Gasteiger partial charge is 0.355 e. The summed E-state index contributed by atoms with van der Waals surface area (Å²) in [6.07, 6.45) is 0.594. The standard InChI is InChI=1S/C18H21FN2O/c1-13(17(20)15-7-3-2-4-8-15)18(22)21-11-10-14-6-5-9-16(19)12-14/h2-9,12-13,17H,10-11,20H2,1H3,(H,21,22). The third-order valence-corrected chi connectivity index (χ3v) is 3.74. The maximum Gasteiger partial charge on any atom is 0.224 e. The molecule has 4 heteroatoms. The first kappa shape index (κ1) is 16.2. The van der Waals surface area contributed by atoms with E-state index in [4.69, 9.17) is 5.73 Å². The first-order chi connectivity index (χ1) is 10.6. The van der Waals surface area contributed by atoms with Crippen molar-refractivity contribution in [1.29, 1.82) is 0 Å². The Morgan fingerprint density at radius 1 is 1.18 bits per heavy atom. The van der Waals surface area contributed by atoms with Crippen LogP contribution in [-0.2, 0) is 11.2 Å². The second-order valence-corrected chi connectivity index (χ2v) is 5.40. The van der Waals surface area contributed by atoms with Crippen LogP contribution >= 0.6 is 0 Å². The van der Waals surface area contributed by atoms with Gasteiger partial charge in [-0.05, 0) is 29.7 Å². The van der Waals surface area contributed by atoms with Crippen molar-refractivity contribution in [2.75, 3.05) is 6.54 Å². The molecule has 0 bridgehead atoms. The van der Waals surface area contributed by atoms with E-state index in [1.165, 1.54) is 12.1 Å². The molecule has 22 heavy (non-hydrogen) atoms. The summed E-state index contributed by atoms with van der Waals surface area (Å²) >= 11 is 0. The molecule has 2 atom stereocenters. The lowest BCUT2D eigenvalue weighted by Gasteiger charge is -2.19. The normalized spacial score (nSPS) is 13.4. The fourth-order valence-corrected chi connectivity index (χ4v) is 2.31. The van der Waals surface area contributed by atoms with E-state index in [1.807, 2.05) is 43.3 Å². The van der Waals surface area contributed by atoms with Gasteiger partial charge in [0, 0.05) is 12.6 Å². The molecule has 3 nitrogen and oxygen atoms in total. The molecule has 0 heterocycles. The second kappa shape index (κ2) is 7.71. The topological polar surface area (TPSA) is 55.1 Å². The molecule has 0 saturated heterocycles. The smallest absolute Gasteiger partial charge is 0.224 e. The second-order valence-electron chi connectivity index (χ2n) is 5.40. The molecule has 0 saturated carbocycles. The molecular weight excluding hydrogens is 279 g/mol. The molecule has 2 unspecified atom stereocenters. The molecule has 3 N–H and O–H groups in total. The average Bonchev–Trinajstić information content (AvgIpc) is 2.54. The fraction of sp³-hybridized carbons (Fsp3) is 0.278. The van der Waals surface area contributed by atoms with E-state index in [9.17, 15) is 9.18 Å². The van der Waals surface area contributed by atoms with Gasteiger partial charge in [0.2, 0.25) is 5.91 Å². The number of rotatable bonds is 6. The van der Waals surface area contributed by atoms with Gasteiger partial charge in [-0.3, -0.25) is 4.79 Å². The van der Waals surface area contributed by atoms with Crippen molar-refractivity contribution in [3.63, 3.8) is 0 Å². The Bertz CT molecular complexity index is 615. The summed E-state index contributed by atoms with van der Waals surface area (Å²) in [5.74, 6) is -0.675. The Labute approximate surface area is 130 Å². The summed E-state index contributed by atoms with van der Waals surface area (Å²) in [7, 11) is 0. The summed E-state index contributed by atoms with van der Waals surface area (Å²) in [5.41, 5.74) is 7.93. The molecule has 116 valence electrons. The minimum Gasteiger partial charge on any atom is -0.355 e. The Balaban J connectivity index is 1.84. The van der Waals surface area contributed by atoms with Crippen molar-refractivity contribution >= 4 is 5.91 Å². The lowest BCUT2D eigenvalue weighted by Crippen LogP contribution is -2.36. The van der Waals surface area contributed by atoms with Crippen LogP contribution in [0.4, 0.5) is 4.39 Å². The highest BCUT2D eigenvalue weighted by Crippen LogP contribution is 2.18. The van der Waals surface area contributed by atoms with Crippen molar-refractivity contribution in [3.8, 4) is 0 Å². The van der Waals surface area contributed by atoms with Crippen molar-refractivity contribution in [1.82, 2.24) is 5.32 Å². The molecule has 0 aliphatic rings. The number of carbonyl (C=O) groups is 1. The van der Waals surface area contributed by atoms with Crippen LogP contribution in [0.2, 0.25) is 0 Å². The number of hydrogen-bond donors (Lipinski definition) is 2. The van der Waals surface area contributed by atoms with Crippen LogP contribution < -0.4 is 11.1 Å². The zero-order valence-corrected chi connectivity index (χ0v) is 12.6. The predicted octanol–water partition coefficient (Wildman–Crippen LogP) is 2.82. The van der Waals surface area contributed by atoms with Gasteiger partial charge in [0.25, 0.3) is 0 Å². The number of halogens is 1. The van der Waals surface area contributed by atoms with E-state index in [0.717, 1.165) is 11.1 Å². The highest BCUT2D eigenvalue weighted by Gasteiger charge is 2.21. The van der Waals surface area contributed by atoms with Crippen LogP contribution in [0, 0.1) is 11.7 Å². The maximum absolute atomic E-state index is 13.1. The van der Waals surface area contributed by atoms with Gasteiger partial charge in [0.05, 0.1) is 5.92 Å². The van der Waals surface area contributed by atoms with Crippen LogP contribution in [0.25, 0.3) is 0 Å². The number of hydrogen-bond acceptors (Lipinski definition) is 2. The molecule has 0 aromatic heterocycles. The molecule has 2 rings (SSSR count).